The van der Waals surface area contributed by atoms with Gasteiger partial charge in [0.1, 0.15) is 0 Å². The number of nitrogens with zero attached hydrogens (tertiary/aromatic N) is 1. The van der Waals surface area contributed by atoms with E-state index < -0.39 is 12.1 Å². The topological polar surface area (TPSA) is 46.3 Å². The van der Waals surface area contributed by atoms with Gasteiger partial charge >= 0.3 is 6.18 Å². The third kappa shape index (κ3) is 3.45. The largest absolute Gasteiger partial charge is 0.391 e. The molecule has 2 fully saturated rings. The molecule has 0 spiro atoms. The number of amides is 1. The number of rotatable bonds is 4. The van der Waals surface area contributed by atoms with Gasteiger partial charge in [0.25, 0.3) is 0 Å². The predicted molar refractivity (Wildman–Crippen MR) is 69.8 cm³/mol. The number of halogens is 3. The molecule has 0 heterocycles. The van der Waals surface area contributed by atoms with Gasteiger partial charge in [0.15, 0.2) is 0 Å². The smallest absolute Gasteiger partial charge is 0.341 e. The lowest BCUT2D eigenvalue weighted by molar-refractivity contribution is -0.185. The van der Waals surface area contributed by atoms with Crippen LogP contribution in [-0.4, -0.2) is 36.6 Å². The summed E-state index contributed by atoms with van der Waals surface area (Å²) in [7, 11) is 1.74. The lowest BCUT2D eigenvalue weighted by Gasteiger charge is -2.34. The highest BCUT2D eigenvalue weighted by molar-refractivity contribution is 5.79. The molecule has 6 heteroatoms. The molecule has 0 bridgehead atoms. The van der Waals surface area contributed by atoms with Crippen LogP contribution in [0.4, 0.5) is 13.2 Å². The van der Waals surface area contributed by atoms with Gasteiger partial charge in [-0.25, -0.2) is 0 Å². The highest BCUT2D eigenvalue weighted by Crippen LogP contribution is 2.41. The van der Waals surface area contributed by atoms with E-state index in [4.69, 9.17) is 5.73 Å². The second-order valence-electron chi connectivity index (χ2n) is 6.18. The Morgan fingerprint density at radius 1 is 1.20 bits per heavy atom. The molecule has 2 N–H and O–H groups in total. The minimum absolute atomic E-state index is 0.0204. The number of nitrogens with two attached hydrogens (primary N) is 1. The van der Waals surface area contributed by atoms with E-state index in [0.29, 0.717) is 25.3 Å². The van der Waals surface area contributed by atoms with Crippen LogP contribution in [0, 0.1) is 17.8 Å². The lowest BCUT2D eigenvalue weighted by Crippen LogP contribution is -2.46. The van der Waals surface area contributed by atoms with Crippen molar-refractivity contribution in [2.24, 2.45) is 23.5 Å². The second-order valence-corrected chi connectivity index (χ2v) is 6.18. The maximum atomic E-state index is 12.6. The molecule has 2 rings (SSSR count). The van der Waals surface area contributed by atoms with Gasteiger partial charge in [0, 0.05) is 25.6 Å². The molecule has 2 saturated carbocycles. The van der Waals surface area contributed by atoms with Gasteiger partial charge in [-0.15, -0.1) is 0 Å². The Morgan fingerprint density at radius 2 is 1.75 bits per heavy atom. The summed E-state index contributed by atoms with van der Waals surface area (Å²) >= 11 is 0. The van der Waals surface area contributed by atoms with Crippen molar-refractivity contribution >= 4 is 5.91 Å². The van der Waals surface area contributed by atoms with Crippen molar-refractivity contribution in [2.45, 2.75) is 50.7 Å². The maximum absolute atomic E-state index is 12.6. The zero-order valence-electron chi connectivity index (χ0n) is 11.8. The molecule has 0 aromatic rings. The molecule has 0 aromatic carbocycles. The van der Waals surface area contributed by atoms with Crippen LogP contribution in [0.2, 0.25) is 0 Å². The standard InChI is InChI=1S/C14H23F3N2O/c1-19(12(8-18)9-2-3-9)13(20)10-4-6-11(7-5-10)14(15,16)17/h9-12H,2-8,18H2,1H3. The molecule has 0 aromatic heterocycles. The van der Waals surface area contributed by atoms with E-state index in [1.54, 1.807) is 11.9 Å². The average Bonchev–Trinajstić information content (AvgIpc) is 3.22. The van der Waals surface area contributed by atoms with Crippen molar-refractivity contribution in [1.29, 1.82) is 0 Å². The quantitative estimate of drug-likeness (QED) is 0.865. The van der Waals surface area contributed by atoms with Crippen molar-refractivity contribution in [3.63, 3.8) is 0 Å². The Balaban J connectivity index is 1.88. The number of hydrogen-bond donors (Lipinski definition) is 1. The average molecular weight is 292 g/mol. The van der Waals surface area contributed by atoms with E-state index >= 15 is 0 Å². The summed E-state index contributed by atoms with van der Waals surface area (Å²) in [6.45, 7) is 0.435. The Hall–Kier alpha value is -0.780. The summed E-state index contributed by atoms with van der Waals surface area (Å²) in [5.41, 5.74) is 5.72. The molecule has 0 saturated heterocycles. The molecule has 1 atom stereocenters. The molecule has 116 valence electrons. The fourth-order valence-corrected chi connectivity index (χ4v) is 3.27. The van der Waals surface area contributed by atoms with Gasteiger partial charge in [-0.1, -0.05) is 0 Å². The normalized spacial score (nSPS) is 29.1. The first-order valence-corrected chi connectivity index (χ1v) is 7.38. The van der Waals surface area contributed by atoms with Crippen LogP contribution >= 0.6 is 0 Å². The number of carbonyl (C=O) groups excluding carboxylic acids is 1. The van der Waals surface area contributed by atoms with Crippen molar-refractivity contribution < 1.29 is 18.0 Å². The van der Waals surface area contributed by atoms with Crippen molar-refractivity contribution in [1.82, 2.24) is 4.90 Å². The first-order chi connectivity index (χ1) is 9.34. The monoisotopic (exact) mass is 292 g/mol. The number of alkyl halides is 3. The number of likely N-dealkylation sites (N-methyl/N-ethyl adjacent to an activating group) is 1. The Morgan fingerprint density at radius 3 is 2.15 bits per heavy atom. The highest BCUT2D eigenvalue weighted by atomic mass is 19.4. The summed E-state index contributed by atoms with van der Waals surface area (Å²) in [6.07, 6.45) is -1.09. The molecule has 2 aliphatic carbocycles. The molecule has 0 radical (unpaired) electrons. The fourth-order valence-electron chi connectivity index (χ4n) is 3.27. The van der Waals surface area contributed by atoms with E-state index in [9.17, 15) is 18.0 Å². The van der Waals surface area contributed by atoms with Gasteiger partial charge in [0.05, 0.1) is 5.92 Å². The molecule has 1 unspecified atom stereocenters. The molecule has 2 aliphatic rings. The van der Waals surface area contributed by atoms with Crippen LogP contribution in [-0.2, 0) is 4.79 Å². The number of carbonyl (C=O) groups is 1. The molecular weight excluding hydrogens is 269 g/mol. The Bertz CT molecular complexity index is 347. The summed E-state index contributed by atoms with van der Waals surface area (Å²) in [5, 5.41) is 0. The second kappa shape index (κ2) is 5.92. The van der Waals surface area contributed by atoms with Crippen molar-refractivity contribution in [3.8, 4) is 0 Å². The molecule has 3 nitrogen and oxygen atoms in total. The fraction of sp³-hybridized carbons (Fsp3) is 0.929. The zero-order valence-corrected chi connectivity index (χ0v) is 11.8. The van der Waals surface area contributed by atoms with E-state index in [1.165, 1.54) is 0 Å². The van der Waals surface area contributed by atoms with E-state index in [0.717, 1.165) is 12.8 Å². The van der Waals surface area contributed by atoms with Crippen LogP contribution in [0.3, 0.4) is 0 Å². The summed E-state index contributed by atoms with van der Waals surface area (Å²) < 4.78 is 37.8. The van der Waals surface area contributed by atoms with Gasteiger partial charge in [0.2, 0.25) is 5.91 Å². The highest BCUT2D eigenvalue weighted by Gasteiger charge is 2.43. The summed E-state index contributed by atoms with van der Waals surface area (Å²) in [6, 6.07) is 0.0582. The van der Waals surface area contributed by atoms with Gasteiger partial charge in [-0.05, 0) is 44.4 Å². The number of hydrogen-bond acceptors (Lipinski definition) is 2. The zero-order chi connectivity index (χ0) is 14.9. The molecule has 1 amide bonds. The summed E-state index contributed by atoms with van der Waals surface area (Å²) in [4.78, 5) is 14.1. The maximum Gasteiger partial charge on any atom is 0.391 e. The molecular formula is C14H23F3N2O. The molecule has 0 aliphatic heterocycles. The Kier molecular flexibility index (Phi) is 4.62. The summed E-state index contributed by atoms with van der Waals surface area (Å²) in [5.74, 6) is -1.02. The van der Waals surface area contributed by atoms with E-state index in [2.05, 4.69) is 0 Å². The van der Waals surface area contributed by atoms with Crippen molar-refractivity contribution in [2.75, 3.05) is 13.6 Å². The van der Waals surface area contributed by atoms with Gasteiger partial charge < -0.3 is 10.6 Å². The third-order valence-corrected chi connectivity index (χ3v) is 4.79. The third-order valence-electron chi connectivity index (χ3n) is 4.79. The minimum Gasteiger partial charge on any atom is -0.341 e. The SMILES string of the molecule is CN(C(=O)C1CCC(C(F)(F)F)CC1)C(CN)C1CC1. The van der Waals surface area contributed by atoms with Gasteiger partial charge in [-0.2, -0.15) is 13.2 Å². The van der Waals surface area contributed by atoms with Crippen LogP contribution in [0.1, 0.15) is 38.5 Å². The van der Waals surface area contributed by atoms with Crippen LogP contribution in [0.15, 0.2) is 0 Å². The van der Waals surface area contributed by atoms with E-state index in [-0.39, 0.29) is 30.7 Å². The van der Waals surface area contributed by atoms with Gasteiger partial charge in [-0.3, -0.25) is 4.79 Å². The van der Waals surface area contributed by atoms with Crippen molar-refractivity contribution in [3.05, 3.63) is 0 Å². The Labute approximate surface area is 117 Å². The predicted octanol–water partition coefficient (Wildman–Crippen LogP) is 2.55. The van der Waals surface area contributed by atoms with Crippen LogP contribution in [0.25, 0.3) is 0 Å². The first kappa shape index (κ1) is 15.6. The van der Waals surface area contributed by atoms with Crippen LogP contribution < -0.4 is 5.73 Å². The molecule has 20 heavy (non-hydrogen) atoms. The first-order valence-electron chi connectivity index (χ1n) is 7.38. The van der Waals surface area contributed by atoms with E-state index in [1.807, 2.05) is 0 Å². The lowest BCUT2D eigenvalue weighted by atomic mass is 9.81. The van der Waals surface area contributed by atoms with Crippen LogP contribution in [0.5, 0.6) is 0 Å². The minimum atomic E-state index is -4.12.